The van der Waals surface area contributed by atoms with Crippen LogP contribution in [0.3, 0.4) is 0 Å². The Morgan fingerprint density at radius 2 is 1.77 bits per heavy atom. The predicted octanol–water partition coefficient (Wildman–Crippen LogP) is 4.05. The number of morpholine rings is 1. The minimum Gasteiger partial charge on any atom is -0.373 e. The Balaban J connectivity index is 1.75. The lowest BCUT2D eigenvalue weighted by molar-refractivity contribution is -0.0440. The summed E-state index contributed by atoms with van der Waals surface area (Å²) in [5, 5.41) is 2.65. The topological polar surface area (TPSA) is 75.7 Å². The molecule has 1 heterocycles. The first-order chi connectivity index (χ1) is 14.1. The number of ether oxygens (including phenoxy) is 1. The summed E-state index contributed by atoms with van der Waals surface area (Å²) < 4.78 is 57.8. The summed E-state index contributed by atoms with van der Waals surface area (Å²) in [5.74, 6) is -3.02. The maximum Gasteiger partial charge on any atom is 0.288 e. The van der Waals surface area contributed by atoms with E-state index < -0.39 is 21.7 Å². The molecule has 6 nitrogen and oxygen atoms in total. The normalized spacial score (nSPS) is 20.3. The van der Waals surface area contributed by atoms with Gasteiger partial charge in [-0.15, -0.1) is 0 Å². The summed E-state index contributed by atoms with van der Waals surface area (Å²) in [5.41, 5.74) is 0.596. The van der Waals surface area contributed by atoms with Crippen molar-refractivity contribution in [3.8, 4) is 0 Å². The summed E-state index contributed by atoms with van der Waals surface area (Å²) >= 11 is 0.415. The first kappa shape index (κ1) is 22.7. The Hall–Kier alpha value is -2.01. The molecule has 1 fully saturated rings. The van der Waals surface area contributed by atoms with E-state index in [1.54, 1.807) is 0 Å². The SMILES string of the molecule is CC1CN(S(=O)(=O)c2cccc(C(=O)Nc3ccc(SC(F)F)cc3)c2)CC(C)O1. The number of hydrogen-bond donors (Lipinski definition) is 1. The number of carbonyl (C=O) groups excluding carboxylic acids is 1. The lowest BCUT2D eigenvalue weighted by Crippen LogP contribution is -2.48. The molecule has 0 aromatic heterocycles. The van der Waals surface area contributed by atoms with Gasteiger partial charge in [0.1, 0.15) is 0 Å². The number of carbonyl (C=O) groups is 1. The van der Waals surface area contributed by atoms with Crippen LogP contribution in [0.4, 0.5) is 14.5 Å². The second-order valence-corrected chi connectivity index (χ2v) is 9.97. The van der Waals surface area contributed by atoms with Crippen molar-refractivity contribution in [3.05, 3.63) is 54.1 Å². The van der Waals surface area contributed by atoms with Crippen molar-refractivity contribution in [2.45, 2.75) is 41.6 Å². The fourth-order valence-corrected chi connectivity index (χ4v) is 5.33. The highest BCUT2D eigenvalue weighted by Crippen LogP contribution is 2.26. The van der Waals surface area contributed by atoms with E-state index in [0.717, 1.165) is 0 Å². The lowest BCUT2D eigenvalue weighted by atomic mass is 10.2. The molecule has 1 saturated heterocycles. The second-order valence-electron chi connectivity index (χ2n) is 6.96. The molecule has 1 amide bonds. The van der Waals surface area contributed by atoms with Crippen molar-refractivity contribution in [3.63, 3.8) is 0 Å². The molecule has 2 aromatic carbocycles. The first-order valence-electron chi connectivity index (χ1n) is 9.27. The molecule has 0 aliphatic carbocycles. The minimum absolute atomic E-state index is 0.0279. The molecule has 0 radical (unpaired) electrons. The van der Waals surface area contributed by atoms with Crippen LogP contribution in [0.1, 0.15) is 24.2 Å². The summed E-state index contributed by atoms with van der Waals surface area (Å²) in [6.07, 6.45) is -0.442. The molecule has 0 spiro atoms. The van der Waals surface area contributed by atoms with Crippen LogP contribution in [0.2, 0.25) is 0 Å². The zero-order chi connectivity index (χ0) is 21.9. The van der Waals surface area contributed by atoms with Gasteiger partial charge in [-0.05, 0) is 56.3 Å². The van der Waals surface area contributed by atoms with Gasteiger partial charge in [-0.2, -0.15) is 13.1 Å². The van der Waals surface area contributed by atoms with E-state index in [0.29, 0.717) is 22.3 Å². The van der Waals surface area contributed by atoms with Crippen molar-refractivity contribution in [1.82, 2.24) is 4.31 Å². The molecule has 2 unspecified atom stereocenters. The van der Waals surface area contributed by atoms with E-state index >= 15 is 0 Å². The molecule has 3 rings (SSSR count). The van der Waals surface area contributed by atoms with Crippen molar-refractivity contribution < 1.29 is 26.7 Å². The number of halogens is 2. The fraction of sp³-hybridized carbons (Fsp3) is 0.350. The van der Waals surface area contributed by atoms with Gasteiger partial charge in [0.05, 0.1) is 17.1 Å². The molecule has 2 aromatic rings. The van der Waals surface area contributed by atoms with Crippen molar-refractivity contribution in [2.75, 3.05) is 18.4 Å². The molecular formula is C20H22F2N2O4S2. The van der Waals surface area contributed by atoms with Crippen LogP contribution in [-0.4, -0.2) is 49.7 Å². The van der Waals surface area contributed by atoms with Crippen LogP contribution in [-0.2, 0) is 14.8 Å². The molecule has 1 N–H and O–H groups in total. The van der Waals surface area contributed by atoms with E-state index in [1.165, 1.54) is 52.8 Å². The van der Waals surface area contributed by atoms with Crippen molar-refractivity contribution >= 4 is 33.4 Å². The maximum absolute atomic E-state index is 13.0. The first-order valence-corrected chi connectivity index (χ1v) is 11.6. The van der Waals surface area contributed by atoms with Crippen LogP contribution >= 0.6 is 11.8 Å². The number of amides is 1. The molecule has 0 bridgehead atoms. The Morgan fingerprint density at radius 3 is 2.37 bits per heavy atom. The Kier molecular flexibility index (Phi) is 7.12. The summed E-state index contributed by atoms with van der Waals surface area (Å²) in [7, 11) is -3.77. The highest BCUT2D eigenvalue weighted by Gasteiger charge is 2.32. The van der Waals surface area contributed by atoms with E-state index in [2.05, 4.69) is 5.32 Å². The van der Waals surface area contributed by atoms with E-state index in [4.69, 9.17) is 4.74 Å². The molecule has 30 heavy (non-hydrogen) atoms. The van der Waals surface area contributed by atoms with Gasteiger partial charge in [0, 0.05) is 29.2 Å². The van der Waals surface area contributed by atoms with Crippen LogP contribution in [0, 0.1) is 0 Å². The average molecular weight is 457 g/mol. The molecular weight excluding hydrogens is 434 g/mol. The number of thioether (sulfide) groups is 1. The molecule has 162 valence electrons. The quantitative estimate of drug-likeness (QED) is 0.664. The third kappa shape index (κ3) is 5.57. The minimum atomic E-state index is -3.77. The number of rotatable bonds is 6. The maximum atomic E-state index is 13.0. The van der Waals surface area contributed by atoms with Crippen LogP contribution in [0.15, 0.2) is 58.3 Å². The number of nitrogens with zero attached hydrogens (tertiary/aromatic N) is 1. The van der Waals surface area contributed by atoms with Crippen molar-refractivity contribution in [2.24, 2.45) is 0 Å². The van der Waals surface area contributed by atoms with Crippen LogP contribution in [0.5, 0.6) is 0 Å². The molecule has 1 aliphatic rings. The molecule has 0 saturated carbocycles. The van der Waals surface area contributed by atoms with Gasteiger partial charge in [0.2, 0.25) is 10.0 Å². The Morgan fingerprint density at radius 1 is 1.13 bits per heavy atom. The number of alkyl halides is 2. The van der Waals surface area contributed by atoms with Gasteiger partial charge in [-0.25, -0.2) is 8.42 Å². The van der Waals surface area contributed by atoms with Crippen LogP contribution in [0.25, 0.3) is 0 Å². The van der Waals surface area contributed by atoms with Gasteiger partial charge in [0.15, 0.2) is 0 Å². The largest absolute Gasteiger partial charge is 0.373 e. The van der Waals surface area contributed by atoms with Gasteiger partial charge in [0.25, 0.3) is 11.7 Å². The molecule has 2 atom stereocenters. The fourth-order valence-electron chi connectivity index (χ4n) is 3.20. The summed E-state index contributed by atoms with van der Waals surface area (Å²) in [6, 6.07) is 11.8. The van der Waals surface area contributed by atoms with Gasteiger partial charge in [-0.3, -0.25) is 4.79 Å². The van der Waals surface area contributed by atoms with E-state index in [-0.39, 0.29) is 35.8 Å². The Labute approximate surface area is 178 Å². The van der Waals surface area contributed by atoms with Gasteiger partial charge >= 0.3 is 0 Å². The monoisotopic (exact) mass is 456 g/mol. The van der Waals surface area contributed by atoms with Crippen LogP contribution < -0.4 is 5.32 Å². The summed E-state index contributed by atoms with van der Waals surface area (Å²) in [6.45, 7) is 4.11. The zero-order valence-corrected chi connectivity index (χ0v) is 18.1. The van der Waals surface area contributed by atoms with E-state index in [9.17, 15) is 22.0 Å². The van der Waals surface area contributed by atoms with Gasteiger partial charge < -0.3 is 10.1 Å². The third-order valence-corrected chi connectivity index (χ3v) is 7.01. The second kappa shape index (κ2) is 9.42. The zero-order valence-electron chi connectivity index (χ0n) is 16.4. The smallest absolute Gasteiger partial charge is 0.288 e. The van der Waals surface area contributed by atoms with Gasteiger partial charge in [-0.1, -0.05) is 17.8 Å². The predicted molar refractivity (Wildman–Crippen MR) is 111 cm³/mol. The molecule has 10 heteroatoms. The number of nitrogens with one attached hydrogen (secondary N) is 1. The molecule has 1 aliphatic heterocycles. The standard InChI is InChI=1S/C20H22F2N2O4S2/c1-13-11-24(12-14(2)28-13)30(26,27)18-5-3-4-15(10-18)19(25)23-16-6-8-17(9-7-16)29-20(21)22/h3-10,13-14,20H,11-12H2,1-2H3,(H,23,25). The number of anilines is 1. The lowest BCUT2D eigenvalue weighted by Gasteiger charge is -2.34. The highest BCUT2D eigenvalue weighted by atomic mass is 32.2. The highest BCUT2D eigenvalue weighted by molar-refractivity contribution is 7.99. The average Bonchev–Trinajstić information content (AvgIpc) is 2.68. The Bertz CT molecular complexity index is 990. The number of benzene rings is 2. The van der Waals surface area contributed by atoms with Crippen molar-refractivity contribution in [1.29, 1.82) is 0 Å². The number of sulfonamides is 1. The van der Waals surface area contributed by atoms with E-state index in [1.807, 2.05) is 13.8 Å². The third-order valence-electron chi connectivity index (χ3n) is 4.46. The summed E-state index contributed by atoms with van der Waals surface area (Å²) in [4.78, 5) is 13.0. The number of hydrogen-bond acceptors (Lipinski definition) is 5.